The number of hydrogen-bond donors (Lipinski definition) is 1. The summed E-state index contributed by atoms with van der Waals surface area (Å²) in [4.78, 5) is 16.2. The molecule has 1 fully saturated rings. The number of amides is 1. The summed E-state index contributed by atoms with van der Waals surface area (Å²) < 4.78 is 16.4. The molecule has 6 nitrogen and oxygen atoms in total. The van der Waals surface area contributed by atoms with E-state index in [9.17, 15) is 4.79 Å². The van der Waals surface area contributed by atoms with Gasteiger partial charge in [-0.3, -0.25) is 4.79 Å². The monoisotopic (exact) mass is 328 g/mol. The maximum absolute atomic E-state index is 12.0. The van der Waals surface area contributed by atoms with Crippen molar-refractivity contribution in [1.82, 2.24) is 10.3 Å². The van der Waals surface area contributed by atoms with Crippen molar-refractivity contribution in [2.45, 2.75) is 12.5 Å². The van der Waals surface area contributed by atoms with Crippen LogP contribution in [0.4, 0.5) is 0 Å². The van der Waals surface area contributed by atoms with Crippen LogP contribution in [0.25, 0.3) is 0 Å². The zero-order chi connectivity index (χ0) is 16.6. The van der Waals surface area contributed by atoms with Crippen LogP contribution in [-0.4, -0.2) is 43.4 Å². The van der Waals surface area contributed by atoms with Gasteiger partial charge in [0, 0.05) is 18.7 Å². The van der Waals surface area contributed by atoms with Gasteiger partial charge < -0.3 is 19.5 Å². The Balaban J connectivity index is 1.41. The van der Waals surface area contributed by atoms with Crippen molar-refractivity contribution < 1.29 is 19.0 Å². The highest BCUT2D eigenvalue weighted by molar-refractivity contribution is 5.93. The second kappa shape index (κ2) is 8.31. The largest absolute Gasteiger partial charge is 0.492 e. The van der Waals surface area contributed by atoms with E-state index >= 15 is 0 Å². The Kier molecular flexibility index (Phi) is 5.63. The molecule has 0 spiro atoms. The van der Waals surface area contributed by atoms with Crippen LogP contribution in [0.5, 0.6) is 11.6 Å². The first kappa shape index (κ1) is 16.3. The average Bonchev–Trinajstić information content (AvgIpc) is 3.13. The van der Waals surface area contributed by atoms with Crippen molar-refractivity contribution in [1.29, 1.82) is 0 Å². The zero-order valence-electron chi connectivity index (χ0n) is 13.3. The molecule has 1 aliphatic rings. The van der Waals surface area contributed by atoms with Crippen molar-refractivity contribution in [3.05, 3.63) is 54.2 Å². The van der Waals surface area contributed by atoms with Gasteiger partial charge in [0.25, 0.3) is 5.91 Å². The van der Waals surface area contributed by atoms with Gasteiger partial charge in [0.2, 0.25) is 5.88 Å². The number of carbonyl (C=O) groups is 1. The number of nitrogens with zero attached hydrogens (tertiary/aromatic N) is 1. The molecule has 0 saturated carbocycles. The Morgan fingerprint density at radius 3 is 2.83 bits per heavy atom. The van der Waals surface area contributed by atoms with E-state index in [0.717, 1.165) is 18.8 Å². The Morgan fingerprint density at radius 1 is 1.25 bits per heavy atom. The SMILES string of the molecule is O=C(NCCOc1ccccc1)c1ccc(OC2CCOC2)nc1. The second-order valence-corrected chi connectivity index (χ2v) is 5.41. The van der Waals surface area contributed by atoms with Crippen LogP contribution in [0.15, 0.2) is 48.7 Å². The normalized spacial score (nSPS) is 16.6. The predicted octanol–water partition coefficient (Wildman–Crippen LogP) is 2.06. The molecule has 0 bridgehead atoms. The molecule has 1 aliphatic heterocycles. The van der Waals surface area contributed by atoms with Crippen molar-refractivity contribution in [3.63, 3.8) is 0 Å². The number of para-hydroxylation sites is 1. The van der Waals surface area contributed by atoms with Crippen molar-refractivity contribution in [2.24, 2.45) is 0 Å². The van der Waals surface area contributed by atoms with E-state index in [0.29, 0.717) is 31.2 Å². The van der Waals surface area contributed by atoms with Gasteiger partial charge in [0.15, 0.2) is 0 Å². The molecule has 24 heavy (non-hydrogen) atoms. The van der Waals surface area contributed by atoms with Gasteiger partial charge in [-0.05, 0) is 18.2 Å². The highest BCUT2D eigenvalue weighted by Crippen LogP contribution is 2.14. The lowest BCUT2D eigenvalue weighted by Crippen LogP contribution is -2.28. The lowest BCUT2D eigenvalue weighted by Gasteiger charge is -2.11. The molecule has 2 heterocycles. The third-order valence-electron chi connectivity index (χ3n) is 3.57. The molecule has 0 aliphatic carbocycles. The highest BCUT2D eigenvalue weighted by Gasteiger charge is 2.17. The van der Waals surface area contributed by atoms with Gasteiger partial charge in [-0.1, -0.05) is 18.2 Å². The molecule has 1 aromatic carbocycles. The van der Waals surface area contributed by atoms with E-state index in [1.807, 2.05) is 30.3 Å². The van der Waals surface area contributed by atoms with E-state index in [2.05, 4.69) is 10.3 Å². The van der Waals surface area contributed by atoms with Gasteiger partial charge >= 0.3 is 0 Å². The number of ether oxygens (including phenoxy) is 3. The molecule has 6 heteroatoms. The lowest BCUT2D eigenvalue weighted by molar-refractivity contribution is 0.0946. The standard InChI is InChI=1S/C18H20N2O4/c21-18(19-9-11-23-15-4-2-1-3-5-15)14-6-7-17(20-12-14)24-16-8-10-22-13-16/h1-7,12,16H,8-11,13H2,(H,19,21). The van der Waals surface area contributed by atoms with Gasteiger partial charge in [0.1, 0.15) is 18.5 Å². The number of hydrogen-bond acceptors (Lipinski definition) is 5. The maximum atomic E-state index is 12.0. The average molecular weight is 328 g/mol. The van der Waals surface area contributed by atoms with Gasteiger partial charge in [0.05, 0.1) is 25.3 Å². The molecular formula is C18H20N2O4. The van der Waals surface area contributed by atoms with E-state index in [1.54, 1.807) is 12.1 Å². The first-order chi connectivity index (χ1) is 11.8. The summed E-state index contributed by atoms with van der Waals surface area (Å²) in [5.41, 5.74) is 0.490. The van der Waals surface area contributed by atoms with Crippen molar-refractivity contribution in [3.8, 4) is 11.6 Å². The third kappa shape index (κ3) is 4.70. The van der Waals surface area contributed by atoms with Gasteiger partial charge in [-0.15, -0.1) is 0 Å². The number of nitrogens with one attached hydrogen (secondary N) is 1. The Morgan fingerprint density at radius 2 is 2.12 bits per heavy atom. The van der Waals surface area contributed by atoms with Crippen LogP contribution in [0, 0.1) is 0 Å². The minimum atomic E-state index is -0.185. The maximum Gasteiger partial charge on any atom is 0.252 e. The molecule has 1 amide bonds. The number of pyridine rings is 1. The Hall–Kier alpha value is -2.60. The van der Waals surface area contributed by atoms with Crippen LogP contribution in [-0.2, 0) is 4.74 Å². The van der Waals surface area contributed by atoms with E-state index < -0.39 is 0 Å². The van der Waals surface area contributed by atoms with Crippen molar-refractivity contribution >= 4 is 5.91 Å². The fraction of sp³-hybridized carbons (Fsp3) is 0.333. The second-order valence-electron chi connectivity index (χ2n) is 5.41. The Bertz CT molecular complexity index is 640. The summed E-state index contributed by atoms with van der Waals surface area (Å²) >= 11 is 0. The molecule has 126 valence electrons. The fourth-order valence-electron chi connectivity index (χ4n) is 2.31. The van der Waals surface area contributed by atoms with Gasteiger partial charge in [-0.25, -0.2) is 4.98 Å². The molecule has 1 unspecified atom stereocenters. The highest BCUT2D eigenvalue weighted by atomic mass is 16.5. The summed E-state index contributed by atoms with van der Waals surface area (Å²) in [7, 11) is 0. The van der Waals surface area contributed by atoms with Crippen molar-refractivity contribution in [2.75, 3.05) is 26.4 Å². The predicted molar refractivity (Wildman–Crippen MR) is 88.4 cm³/mol. The minimum Gasteiger partial charge on any atom is -0.492 e. The van der Waals surface area contributed by atoms with Crippen LogP contribution >= 0.6 is 0 Å². The first-order valence-electron chi connectivity index (χ1n) is 7.98. The van der Waals surface area contributed by atoms with Crippen LogP contribution in [0.3, 0.4) is 0 Å². The Labute approximate surface area is 140 Å². The smallest absolute Gasteiger partial charge is 0.252 e. The third-order valence-corrected chi connectivity index (χ3v) is 3.57. The summed E-state index contributed by atoms with van der Waals surface area (Å²) in [6.07, 6.45) is 2.43. The summed E-state index contributed by atoms with van der Waals surface area (Å²) in [6, 6.07) is 12.9. The van der Waals surface area contributed by atoms with Crippen LogP contribution in [0.2, 0.25) is 0 Å². The number of rotatable bonds is 7. The fourth-order valence-corrected chi connectivity index (χ4v) is 2.31. The minimum absolute atomic E-state index is 0.0484. The van der Waals surface area contributed by atoms with E-state index in [1.165, 1.54) is 6.20 Å². The zero-order valence-corrected chi connectivity index (χ0v) is 13.3. The van der Waals surface area contributed by atoms with E-state index in [-0.39, 0.29) is 12.0 Å². The summed E-state index contributed by atoms with van der Waals surface area (Å²) in [6.45, 7) is 2.14. The quantitative estimate of drug-likeness (QED) is 0.788. The first-order valence-corrected chi connectivity index (χ1v) is 7.98. The molecule has 1 N–H and O–H groups in total. The van der Waals surface area contributed by atoms with Crippen LogP contribution < -0.4 is 14.8 Å². The number of benzene rings is 1. The molecule has 1 atom stereocenters. The summed E-state index contributed by atoms with van der Waals surface area (Å²) in [5.74, 6) is 1.11. The summed E-state index contributed by atoms with van der Waals surface area (Å²) in [5, 5.41) is 2.80. The lowest BCUT2D eigenvalue weighted by atomic mass is 10.2. The number of aromatic nitrogens is 1. The van der Waals surface area contributed by atoms with Gasteiger partial charge in [-0.2, -0.15) is 0 Å². The molecular weight excluding hydrogens is 308 g/mol. The number of carbonyl (C=O) groups excluding carboxylic acids is 1. The molecule has 1 aromatic heterocycles. The van der Waals surface area contributed by atoms with E-state index in [4.69, 9.17) is 14.2 Å². The molecule has 3 rings (SSSR count). The molecule has 0 radical (unpaired) electrons. The molecule has 1 saturated heterocycles. The molecule has 2 aromatic rings. The topological polar surface area (TPSA) is 69.7 Å². The van der Waals surface area contributed by atoms with Crippen LogP contribution in [0.1, 0.15) is 16.8 Å².